The number of fused-ring (bicyclic) bond motifs is 1. The summed E-state index contributed by atoms with van der Waals surface area (Å²) in [6, 6.07) is 8.80. The van der Waals surface area contributed by atoms with Crippen molar-refractivity contribution < 1.29 is 13.9 Å². The van der Waals surface area contributed by atoms with Crippen molar-refractivity contribution in [3.8, 4) is 0 Å². The van der Waals surface area contributed by atoms with E-state index in [0.717, 1.165) is 0 Å². The monoisotopic (exact) mass is 330 g/mol. The number of methoxy groups -OCH3 is 1. The van der Waals surface area contributed by atoms with Gasteiger partial charge in [0.05, 0.1) is 19.4 Å². The fourth-order valence-corrected chi connectivity index (χ4v) is 2.38. The van der Waals surface area contributed by atoms with Crippen LogP contribution in [0, 0.1) is 0 Å². The fourth-order valence-electron chi connectivity index (χ4n) is 2.38. The van der Waals surface area contributed by atoms with Crippen molar-refractivity contribution in [2.75, 3.05) is 20.3 Å². The SMILES string of the molecule is COCCN(Cc1ccco1)C(=O)Cn1nc2ccccn2c1=O. The van der Waals surface area contributed by atoms with Gasteiger partial charge < -0.3 is 14.1 Å². The van der Waals surface area contributed by atoms with Crippen molar-refractivity contribution >= 4 is 11.6 Å². The van der Waals surface area contributed by atoms with E-state index < -0.39 is 0 Å². The Hall–Kier alpha value is -2.87. The summed E-state index contributed by atoms with van der Waals surface area (Å²) in [6.07, 6.45) is 3.18. The number of ether oxygens (including phenoxy) is 1. The zero-order chi connectivity index (χ0) is 16.9. The molecule has 0 saturated carbocycles. The van der Waals surface area contributed by atoms with E-state index in [1.54, 1.807) is 54.8 Å². The summed E-state index contributed by atoms with van der Waals surface area (Å²) < 4.78 is 12.9. The zero-order valence-electron chi connectivity index (χ0n) is 13.3. The Kier molecular flexibility index (Phi) is 4.76. The van der Waals surface area contributed by atoms with E-state index in [0.29, 0.717) is 31.1 Å². The Morgan fingerprint density at radius 3 is 2.92 bits per heavy atom. The number of hydrogen-bond acceptors (Lipinski definition) is 5. The first-order valence-corrected chi connectivity index (χ1v) is 7.52. The van der Waals surface area contributed by atoms with Gasteiger partial charge >= 0.3 is 5.69 Å². The Bertz CT molecular complexity index is 866. The lowest BCUT2D eigenvalue weighted by Gasteiger charge is -2.21. The van der Waals surface area contributed by atoms with E-state index in [1.807, 2.05) is 0 Å². The summed E-state index contributed by atoms with van der Waals surface area (Å²) in [7, 11) is 1.57. The first-order chi connectivity index (χ1) is 11.7. The number of amides is 1. The molecule has 3 rings (SSSR count). The molecular weight excluding hydrogens is 312 g/mol. The predicted molar refractivity (Wildman–Crippen MR) is 85.5 cm³/mol. The van der Waals surface area contributed by atoms with E-state index in [4.69, 9.17) is 9.15 Å². The predicted octanol–water partition coefficient (Wildman–Crippen LogP) is 0.764. The molecule has 0 aliphatic heterocycles. The average Bonchev–Trinajstić information content (AvgIpc) is 3.20. The van der Waals surface area contributed by atoms with Gasteiger partial charge in [-0.05, 0) is 24.3 Å². The molecule has 0 radical (unpaired) electrons. The number of carbonyl (C=O) groups excluding carboxylic acids is 1. The Morgan fingerprint density at radius 1 is 1.33 bits per heavy atom. The number of aromatic nitrogens is 3. The van der Waals surface area contributed by atoms with E-state index in [1.165, 1.54) is 9.08 Å². The highest BCUT2D eigenvalue weighted by Crippen LogP contribution is 2.06. The fraction of sp³-hybridized carbons (Fsp3) is 0.312. The van der Waals surface area contributed by atoms with E-state index in [2.05, 4.69) is 5.10 Å². The van der Waals surface area contributed by atoms with Crippen LogP contribution in [0.1, 0.15) is 5.76 Å². The third-order valence-electron chi connectivity index (χ3n) is 3.62. The summed E-state index contributed by atoms with van der Waals surface area (Å²) in [4.78, 5) is 26.4. The molecule has 3 heterocycles. The summed E-state index contributed by atoms with van der Waals surface area (Å²) >= 11 is 0. The van der Waals surface area contributed by atoms with Crippen LogP contribution in [0.25, 0.3) is 5.65 Å². The maximum atomic E-state index is 12.6. The Labute approximate surface area is 137 Å². The van der Waals surface area contributed by atoms with Gasteiger partial charge in [-0.2, -0.15) is 0 Å². The minimum Gasteiger partial charge on any atom is -0.467 e. The number of rotatable bonds is 7. The van der Waals surface area contributed by atoms with Crippen LogP contribution in [-0.2, 0) is 22.6 Å². The highest BCUT2D eigenvalue weighted by Gasteiger charge is 2.18. The van der Waals surface area contributed by atoms with Gasteiger partial charge in [-0.25, -0.2) is 9.48 Å². The second-order valence-electron chi connectivity index (χ2n) is 5.26. The molecule has 0 unspecified atom stereocenters. The molecule has 8 heteroatoms. The minimum atomic E-state index is -0.344. The molecule has 24 heavy (non-hydrogen) atoms. The van der Waals surface area contributed by atoms with Gasteiger partial charge in [-0.1, -0.05) is 6.07 Å². The molecule has 0 aromatic carbocycles. The third kappa shape index (κ3) is 3.38. The van der Waals surface area contributed by atoms with Crippen molar-refractivity contribution in [3.63, 3.8) is 0 Å². The first kappa shape index (κ1) is 16.0. The second-order valence-corrected chi connectivity index (χ2v) is 5.26. The van der Waals surface area contributed by atoms with Gasteiger partial charge in [0.25, 0.3) is 0 Å². The van der Waals surface area contributed by atoms with Crippen LogP contribution in [0.15, 0.2) is 52.0 Å². The number of hydrogen-bond donors (Lipinski definition) is 0. The Morgan fingerprint density at radius 2 is 2.21 bits per heavy atom. The summed E-state index contributed by atoms with van der Waals surface area (Å²) in [6.45, 7) is 0.979. The molecule has 3 aromatic rings. The van der Waals surface area contributed by atoms with Gasteiger partial charge in [0.1, 0.15) is 12.3 Å². The van der Waals surface area contributed by atoms with Gasteiger partial charge in [0.2, 0.25) is 5.91 Å². The molecule has 0 bridgehead atoms. The highest BCUT2D eigenvalue weighted by molar-refractivity contribution is 5.75. The maximum absolute atomic E-state index is 12.6. The minimum absolute atomic E-state index is 0.134. The molecule has 1 amide bonds. The van der Waals surface area contributed by atoms with Crippen LogP contribution < -0.4 is 5.69 Å². The van der Waals surface area contributed by atoms with Crippen LogP contribution in [0.4, 0.5) is 0 Å². The molecule has 0 spiro atoms. The van der Waals surface area contributed by atoms with Gasteiger partial charge in [-0.15, -0.1) is 5.10 Å². The molecule has 0 fully saturated rings. The largest absolute Gasteiger partial charge is 0.467 e. The van der Waals surface area contributed by atoms with Crippen molar-refractivity contribution in [3.05, 3.63) is 59.0 Å². The van der Waals surface area contributed by atoms with E-state index >= 15 is 0 Å². The molecule has 0 saturated heterocycles. The number of furan rings is 1. The lowest BCUT2D eigenvalue weighted by atomic mass is 10.3. The topological polar surface area (TPSA) is 82.0 Å². The van der Waals surface area contributed by atoms with E-state index in [9.17, 15) is 9.59 Å². The van der Waals surface area contributed by atoms with Crippen molar-refractivity contribution in [1.29, 1.82) is 0 Å². The molecule has 0 aliphatic rings. The number of pyridine rings is 1. The van der Waals surface area contributed by atoms with Crippen molar-refractivity contribution in [2.24, 2.45) is 0 Å². The van der Waals surface area contributed by atoms with Crippen LogP contribution >= 0.6 is 0 Å². The van der Waals surface area contributed by atoms with Gasteiger partial charge in [0.15, 0.2) is 5.65 Å². The lowest BCUT2D eigenvalue weighted by Crippen LogP contribution is -2.38. The van der Waals surface area contributed by atoms with E-state index in [-0.39, 0.29) is 18.1 Å². The first-order valence-electron chi connectivity index (χ1n) is 7.52. The summed E-state index contributed by atoms with van der Waals surface area (Å²) in [5.74, 6) is 0.441. The number of nitrogens with zero attached hydrogens (tertiary/aromatic N) is 4. The van der Waals surface area contributed by atoms with Crippen molar-refractivity contribution in [2.45, 2.75) is 13.1 Å². The average molecular weight is 330 g/mol. The molecule has 8 nitrogen and oxygen atoms in total. The molecule has 0 atom stereocenters. The number of carbonyl (C=O) groups is 1. The van der Waals surface area contributed by atoms with Crippen LogP contribution in [-0.4, -0.2) is 45.2 Å². The standard InChI is InChI=1S/C16H18N4O4/c1-23-10-8-18(11-13-5-4-9-24-13)15(21)12-20-16(22)19-7-3-2-6-14(19)17-20/h2-7,9H,8,10-12H2,1H3. The van der Waals surface area contributed by atoms with Crippen LogP contribution in [0.3, 0.4) is 0 Å². The zero-order valence-corrected chi connectivity index (χ0v) is 13.3. The lowest BCUT2D eigenvalue weighted by molar-refractivity contribution is -0.133. The molecule has 3 aromatic heterocycles. The van der Waals surface area contributed by atoms with Gasteiger partial charge in [0, 0.05) is 19.9 Å². The van der Waals surface area contributed by atoms with Crippen LogP contribution in [0.5, 0.6) is 0 Å². The summed E-state index contributed by atoms with van der Waals surface area (Å²) in [5.41, 5.74) is 0.161. The smallest absolute Gasteiger partial charge is 0.350 e. The third-order valence-corrected chi connectivity index (χ3v) is 3.62. The molecule has 0 aliphatic carbocycles. The highest BCUT2D eigenvalue weighted by atomic mass is 16.5. The molecule has 0 N–H and O–H groups in total. The molecule has 126 valence electrons. The van der Waals surface area contributed by atoms with Gasteiger partial charge in [-0.3, -0.25) is 9.20 Å². The maximum Gasteiger partial charge on any atom is 0.350 e. The Balaban J connectivity index is 1.78. The summed E-state index contributed by atoms with van der Waals surface area (Å²) in [5, 5.41) is 4.18. The second kappa shape index (κ2) is 7.14. The van der Waals surface area contributed by atoms with Crippen LogP contribution in [0.2, 0.25) is 0 Å². The quantitative estimate of drug-likeness (QED) is 0.639. The molecular formula is C16H18N4O4. The van der Waals surface area contributed by atoms with Crippen molar-refractivity contribution in [1.82, 2.24) is 19.1 Å². The normalized spacial score (nSPS) is 11.0.